The third-order valence-electron chi connectivity index (χ3n) is 6.83. The van der Waals surface area contributed by atoms with Crippen LogP contribution in [-0.2, 0) is 15.1 Å². The van der Waals surface area contributed by atoms with Crippen LogP contribution in [0.15, 0.2) is 55.4 Å². The van der Waals surface area contributed by atoms with E-state index < -0.39 is 16.1 Å². The SMILES string of the molecule is C=CCN1C(=O)[C@@]2(SC1=S)C(c1ccncc1)CN(C)[C@]21C(=O)N(C)c2ccc(F)cc21. The number of halogens is 1. The maximum atomic E-state index is 14.5. The van der Waals surface area contributed by atoms with Crippen molar-refractivity contribution >= 4 is 45.8 Å². The number of likely N-dealkylation sites (N-methyl/N-ethyl adjacent to an activating group) is 2. The highest BCUT2D eigenvalue weighted by molar-refractivity contribution is 8.25. The van der Waals surface area contributed by atoms with Gasteiger partial charge in [0.15, 0.2) is 5.54 Å². The van der Waals surface area contributed by atoms with Crippen molar-refractivity contribution in [2.45, 2.75) is 16.2 Å². The first-order chi connectivity index (χ1) is 15.3. The highest BCUT2D eigenvalue weighted by Gasteiger charge is 2.78. The number of benzene rings is 1. The third-order valence-corrected chi connectivity index (χ3v) is 8.77. The molecular formula is C23H21FN4O2S2. The van der Waals surface area contributed by atoms with Crippen molar-refractivity contribution in [2.24, 2.45) is 0 Å². The molecule has 1 aromatic carbocycles. The van der Waals surface area contributed by atoms with Gasteiger partial charge in [-0.15, -0.1) is 6.58 Å². The summed E-state index contributed by atoms with van der Waals surface area (Å²) in [6.45, 7) is 4.42. The van der Waals surface area contributed by atoms with E-state index in [1.807, 2.05) is 24.1 Å². The van der Waals surface area contributed by atoms with E-state index in [2.05, 4.69) is 11.6 Å². The Bertz CT molecular complexity index is 1180. The molecule has 0 radical (unpaired) electrons. The van der Waals surface area contributed by atoms with Crippen molar-refractivity contribution < 1.29 is 14.0 Å². The van der Waals surface area contributed by atoms with Gasteiger partial charge in [0, 0.05) is 49.7 Å². The molecule has 1 aromatic heterocycles. The molecule has 0 saturated carbocycles. The number of thiocarbonyl (C=S) groups is 1. The number of fused-ring (bicyclic) bond motifs is 3. The minimum absolute atomic E-state index is 0.245. The van der Waals surface area contributed by atoms with Crippen LogP contribution in [0.1, 0.15) is 17.0 Å². The number of anilines is 1. The summed E-state index contributed by atoms with van der Waals surface area (Å²) in [7, 11) is 3.49. The summed E-state index contributed by atoms with van der Waals surface area (Å²) in [5.74, 6) is -1.34. The Morgan fingerprint density at radius 3 is 2.66 bits per heavy atom. The topological polar surface area (TPSA) is 56.8 Å². The molecule has 0 N–H and O–H groups in total. The number of pyridine rings is 1. The van der Waals surface area contributed by atoms with E-state index >= 15 is 0 Å². The largest absolute Gasteiger partial charge is 0.313 e. The first-order valence-electron chi connectivity index (χ1n) is 10.2. The average molecular weight is 469 g/mol. The fourth-order valence-corrected chi connectivity index (χ4v) is 7.70. The molecule has 0 bridgehead atoms. The van der Waals surface area contributed by atoms with Crippen LogP contribution in [0.3, 0.4) is 0 Å². The molecule has 2 amide bonds. The molecule has 2 fully saturated rings. The molecule has 4 heterocycles. The minimum Gasteiger partial charge on any atom is -0.313 e. The maximum Gasteiger partial charge on any atom is 0.254 e. The van der Waals surface area contributed by atoms with Crippen LogP contribution < -0.4 is 4.90 Å². The molecule has 5 rings (SSSR count). The summed E-state index contributed by atoms with van der Waals surface area (Å²) in [5, 5.41) is 0. The maximum absolute atomic E-state index is 14.5. The van der Waals surface area contributed by atoms with Crippen molar-refractivity contribution in [2.75, 3.05) is 32.1 Å². The molecular weight excluding hydrogens is 447 g/mol. The van der Waals surface area contributed by atoms with E-state index in [1.165, 1.54) is 33.7 Å². The number of thioether (sulfide) groups is 1. The number of carbonyl (C=O) groups is 2. The van der Waals surface area contributed by atoms with Gasteiger partial charge in [-0.1, -0.05) is 30.1 Å². The molecule has 1 unspecified atom stereocenters. The van der Waals surface area contributed by atoms with E-state index in [-0.39, 0.29) is 24.3 Å². The second-order valence-corrected chi connectivity index (χ2v) is 10.1. The minimum atomic E-state index is -1.41. The van der Waals surface area contributed by atoms with E-state index in [0.717, 1.165) is 5.56 Å². The summed E-state index contributed by atoms with van der Waals surface area (Å²) < 4.78 is 13.6. The summed E-state index contributed by atoms with van der Waals surface area (Å²) in [6.07, 6.45) is 4.97. The second-order valence-electron chi connectivity index (χ2n) is 8.26. The van der Waals surface area contributed by atoms with E-state index in [0.29, 0.717) is 22.1 Å². The zero-order valence-electron chi connectivity index (χ0n) is 17.6. The highest BCUT2D eigenvalue weighted by Crippen LogP contribution is 2.66. The van der Waals surface area contributed by atoms with Gasteiger partial charge >= 0.3 is 0 Å². The smallest absolute Gasteiger partial charge is 0.254 e. The lowest BCUT2D eigenvalue weighted by Crippen LogP contribution is -2.62. The van der Waals surface area contributed by atoms with Crippen molar-refractivity contribution in [1.29, 1.82) is 0 Å². The van der Waals surface area contributed by atoms with Gasteiger partial charge in [-0.05, 0) is 42.9 Å². The Kier molecular flexibility index (Phi) is 4.77. The molecule has 6 nitrogen and oxygen atoms in total. The molecule has 32 heavy (non-hydrogen) atoms. The van der Waals surface area contributed by atoms with Gasteiger partial charge in [0.05, 0.1) is 0 Å². The Hall–Kier alpha value is -2.62. The van der Waals surface area contributed by atoms with Gasteiger partial charge in [0.2, 0.25) is 5.91 Å². The number of aromatic nitrogens is 1. The number of nitrogens with zero attached hydrogens (tertiary/aromatic N) is 4. The number of amides is 2. The van der Waals surface area contributed by atoms with Crippen LogP contribution in [0, 0.1) is 5.82 Å². The molecule has 164 valence electrons. The summed E-state index contributed by atoms with van der Waals surface area (Å²) >= 11 is 6.87. The first-order valence-corrected chi connectivity index (χ1v) is 11.4. The number of hydrogen-bond acceptors (Lipinski definition) is 6. The Balaban J connectivity index is 1.85. The Morgan fingerprint density at radius 2 is 1.97 bits per heavy atom. The zero-order chi connectivity index (χ0) is 22.8. The second kappa shape index (κ2) is 7.19. The average Bonchev–Trinajstić information content (AvgIpc) is 3.28. The van der Waals surface area contributed by atoms with Gasteiger partial charge in [-0.2, -0.15) is 0 Å². The number of likely N-dealkylation sites (tertiary alicyclic amines) is 1. The number of rotatable bonds is 3. The monoisotopic (exact) mass is 468 g/mol. The van der Waals surface area contributed by atoms with E-state index in [9.17, 15) is 14.0 Å². The van der Waals surface area contributed by atoms with Crippen molar-refractivity contribution in [3.8, 4) is 0 Å². The predicted octanol–water partition coefficient (Wildman–Crippen LogP) is 2.91. The summed E-state index contributed by atoms with van der Waals surface area (Å²) in [4.78, 5) is 37.3. The van der Waals surface area contributed by atoms with Gasteiger partial charge in [0.25, 0.3) is 5.91 Å². The van der Waals surface area contributed by atoms with Crippen LogP contribution >= 0.6 is 24.0 Å². The van der Waals surface area contributed by atoms with Gasteiger partial charge in [-0.25, -0.2) is 4.39 Å². The van der Waals surface area contributed by atoms with Crippen LogP contribution in [0.4, 0.5) is 10.1 Å². The predicted molar refractivity (Wildman–Crippen MR) is 126 cm³/mol. The third kappa shape index (κ3) is 2.39. The van der Waals surface area contributed by atoms with Gasteiger partial charge in [0.1, 0.15) is 14.9 Å². The van der Waals surface area contributed by atoms with Gasteiger partial charge in [-0.3, -0.25) is 24.4 Å². The molecule has 2 saturated heterocycles. The Morgan fingerprint density at radius 1 is 1.25 bits per heavy atom. The van der Waals surface area contributed by atoms with Crippen molar-refractivity contribution in [3.05, 3.63) is 72.3 Å². The first kappa shape index (κ1) is 21.2. The highest BCUT2D eigenvalue weighted by atomic mass is 32.2. The lowest BCUT2D eigenvalue weighted by atomic mass is 9.72. The van der Waals surface area contributed by atoms with Crippen LogP contribution in [0.25, 0.3) is 0 Å². The molecule has 0 aliphatic carbocycles. The van der Waals surface area contributed by atoms with Crippen LogP contribution in [0.2, 0.25) is 0 Å². The van der Waals surface area contributed by atoms with Crippen LogP contribution in [0.5, 0.6) is 0 Å². The fourth-order valence-electron chi connectivity index (χ4n) is 5.55. The molecule has 3 aliphatic heterocycles. The molecule has 3 aliphatic rings. The summed E-state index contributed by atoms with van der Waals surface area (Å²) in [5.41, 5.74) is 0.565. The zero-order valence-corrected chi connectivity index (χ0v) is 19.3. The lowest BCUT2D eigenvalue weighted by Gasteiger charge is -2.42. The van der Waals surface area contributed by atoms with E-state index in [4.69, 9.17) is 12.2 Å². The lowest BCUT2D eigenvalue weighted by molar-refractivity contribution is -0.138. The normalized spacial score (nSPS) is 29.6. The fraction of sp³-hybridized carbons (Fsp3) is 0.304. The quantitative estimate of drug-likeness (QED) is 0.510. The van der Waals surface area contributed by atoms with E-state index in [1.54, 1.807) is 31.6 Å². The van der Waals surface area contributed by atoms with Crippen LogP contribution in [-0.4, -0.2) is 62.9 Å². The van der Waals surface area contributed by atoms with Crippen molar-refractivity contribution in [1.82, 2.24) is 14.8 Å². The Labute approximate surface area is 195 Å². The standard InChI is InChI=1S/C23H21FN4O2S2/c1-4-11-28-20(30)23(32-21(28)31)17(14-7-9-25-10-8-14)13-26(2)22(23)16-12-15(24)5-6-18(16)27(3)19(22)29/h4-10,12,17H,1,11,13H2,2-3H3/t17?,22-,23+/m1/s1. The molecule has 2 aromatic rings. The number of carbonyl (C=O) groups excluding carboxylic acids is 2. The molecule has 9 heteroatoms. The summed E-state index contributed by atoms with van der Waals surface area (Å²) in [6, 6.07) is 8.05. The van der Waals surface area contributed by atoms with Gasteiger partial charge < -0.3 is 4.90 Å². The molecule has 2 spiro atoms. The van der Waals surface area contributed by atoms with Crippen molar-refractivity contribution in [3.63, 3.8) is 0 Å². The number of hydrogen-bond donors (Lipinski definition) is 0. The molecule has 3 atom stereocenters.